The van der Waals surface area contributed by atoms with Crippen LogP contribution in [0.5, 0.6) is 0 Å². The second-order valence-electron chi connectivity index (χ2n) is 5.51. The first-order chi connectivity index (χ1) is 10.8. The van der Waals surface area contributed by atoms with E-state index >= 15 is 0 Å². The number of tetrazole rings is 1. The summed E-state index contributed by atoms with van der Waals surface area (Å²) in [7, 11) is 0. The Morgan fingerprint density at radius 3 is 2.95 bits per heavy atom. The van der Waals surface area contributed by atoms with Gasteiger partial charge in [-0.25, -0.2) is 0 Å². The number of fused-ring (bicyclic) bond motifs is 1. The summed E-state index contributed by atoms with van der Waals surface area (Å²) in [5.74, 6) is 0.906. The Morgan fingerprint density at radius 2 is 2.09 bits per heavy atom. The van der Waals surface area contributed by atoms with Gasteiger partial charge in [-0.1, -0.05) is 0 Å². The molecule has 0 N–H and O–H groups in total. The Kier molecular flexibility index (Phi) is 3.34. The minimum Gasteiger partial charge on any atom is -0.378 e. The zero-order valence-corrected chi connectivity index (χ0v) is 12.1. The fraction of sp³-hybridized carbons (Fsp3) is 0.615. The Hall–Kier alpha value is -2.29. The van der Waals surface area contributed by atoms with Gasteiger partial charge in [0.25, 0.3) is 0 Å². The van der Waals surface area contributed by atoms with Gasteiger partial charge in [0, 0.05) is 19.6 Å². The summed E-state index contributed by atoms with van der Waals surface area (Å²) in [4.78, 5) is 16.7. The predicted molar refractivity (Wildman–Crippen MR) is 76.3 cm³/mol. The third kappa shape index (κ3) is 2.27. The van der Waals surface area contributed by atoms with E-state index in [1.54, 1.807) is 0 Å². The van der Waals surface area contributed by atoms with Crippen LogP contribution in [0, 0.1) is 0 Å². The molecule has 2 aliphatic heterocycles. The number of morpholine rings is 1. The van der Waals surface area contributed by atoms with Crippen LogP contribution in [0.3, 0.4) is 0 Å². The summed E-state index contributed by atoms with van der Waals surface area (Å²) in [5, 5.41) is 15.7. The molecule has 0 aromatic carbocycles. The molecule has 22 heavy (non-hydrogen) atoms. The van der Waals surface area contributed by atoms with E-state index in [4.69, 9.17) is 4.74 Å². The van der Waals surface area contributed by atoms with Crippen LogP contribution in [0.1, 0.15) is 12.8 Å². The average molecular weight is 303 g/mol. The minimum absolute atomic E-state index is 0.153. The standard InChI is InChI=1S/C13H17N7O2/c21-13(18-6-8-22-9-7-18)10-2-1-5-19(10)12-4-3-11-14-16-17-20(11)15-12/h3-4,10H,1-2,5-9H2/t10-/m0/s1. The molecule has 9 nitrogen and oxygen atoms in total. The van der Waals surface area contributed by atoms with Crippen LogP contribution in [-0.2, 0) is 9.53 Å². The first-order valence-electron chi connectivity index (χ1n) is 7.51. The van der Waals surface area contributed by atoms with Crippen molar-refractivity contribution in [2.45, 2.75) is 18.9 Å². The third-order valence-corrected chi connectivity index (χ3v) is 4.21. The summed E-state index contributed by atoms with van der Waals surface area (Å²) in [5.41, 5.74) is 0.596. The van der Waals surface area contributed by atoms with Gasteiger partial charge in [0.15, 0.2) is 11.5 Å². The van der Waals surface area contributed by atoms with Crippen LogP contribution >= 0.6 is 0 Å². The highest BCUT2D eigenvalue weighted by Gasteiger charge is 2.35. The maximum absolute atomic E-state index is 12.8. The molecule has 4 heterocycles. The summed E-state index contributed by atoms with van der Waals surface area (Å²) >= 11 is 0. The van der Waals surface area contributed by atoms with Crippen molar-refractivity contribution in [1.29, 1.82) is 0 Å². The van der Waals surface area contributed by atoms with Crippen molar-refractivity contribution in [3.63, 3.8) is 0 Å². The van der Waals surface area contributed by atoms with Crippen LogP contribution < -0.4 is 4.90 Å². The first kappa shape index (κ1) is 13.4. The van der Waals surface area contributed by atoms with E-state index in [-0.39, 0.29) is 11.9 Å². The number of ether oxygens (including phenoxy) is 1. The lowest BCUT2D eigenvalue weighted by molar-refractivity contribution is -0.136. The van der Waals surface area contributed by atoms with Gasteiger partial charge in [-0.05, 0) is 35.4 Å². The number of nitrogens with zero attached hydrogens (tertiary/aromatic N) is 7. The molecule has 9 heteroatoms. The summed E-state index contributed by atoms with van der Waals surface area (Å²) in [6.07, 6.45) is 1.83. The van der Waals surface area contributed by atoms with Crippen LogP contribution in [0.25, 0.3) is 5.65 Å². The van der Waals surface area contributed by atoms with Crippen LogP contribution in [0.2, 0.25) is 0 Å². The SMILES string of the molecule is O=C([C@@H]1CCCN1c1ccc2nnnn2n1)N1CCOCC1. The third-order valence-electron chi connectivity index (χ3n) is 4.21. The molecular formula is C13H17N7O2. The summed E-state index contributed by atoms with van der Waals surface area (Å²) in [6.45, 7) is 3.40. The van der Waals surface area contributed by atoms with Gasteiger partial charge in [0.1, 0.15) is 6.04 Å². The highest BCUT2D eigenvalue weighted by atomic mass is 16.5. The van der Waals surface area contributed by atoms with E-state index in [1.807, 2.05) is 17.0 Å². The lowest BCUT2D eigenvalue weighted by Gasteiger charge is -2.32. The van der Waals surface area contributed by atoms with Gasteiger partial charge in [-0.3, -0.25) is 4.79 Å². The number of carbonyl (C=O) groups excluding carboxylic acids is 1. The predicted octanol–water partition coefficient (Wildman–Crippen LogP) is -0.653. The smallest absolute Gasteiger partial charge is 0.245 e. The second kappa shape index (κ2) is 5.48. The van der Waals surface area contributed by atoms with E-state index in [2.05, 4.69) is 25.5 Å². The molecule has 0 unspecified atom stereocenters. The van der Waals surface area contributed by atoms with Crippen LogP contribution in [-0.4, -0.2) is 75.0 Å². The normalized spacial score (nSPS) is 22.5. The Balaban J connectivity index is 1.58. The van der Waals surface area contributed by atoms with Crippen LogP contribution in [0.4, 0.5) is 5.82 Å². The number of anilines is 1. The molecule has 2 fully saturated rings. The molecule has 0 radical (unpaired) electrons. The highest BCUT2D eigenvalue weighted by molar-refractivity contribution is 5.85. The molecule has 0 spiro atoms. The van der Waals surface area contributed by atoms with E-state index in [9.17, 15) is 4.79 Å². The van der Waals surface area contributed by atoms with E-state index < -0.39 is 0 Å². The minimum atomic E-state index is -0.153. The average Bonchev–Trinajstić information content (AvgIpc) is 3.23. The molecule has 0 saturated carbocycles. The molecule has 2 aliphatic rings. The van der Waals surface area contributed by atoms with E-state index in [0.717, 1.165) is 25.2 Å². The Morgan fingerprint density at radius 1 is 1.23 bits per heavy atom. The molecule has 2 aromatic rings. The largest absolute Gasteiger partial charge is 0.378 e. The number of carbonyl (C=O) groups is 1. The van der Waals surface area contributed by atoms with Crippen LogP contribution in [0.15, 0.2) is 12.1 Å². The van der Waals surface area contributed by atoms with Crippen molar-refractivity contribution in [2.75, 3.05) is 37.7 Å². The number of amides is 1. The Labute approximate surface area is 126 Å². The van der Waals surface area contributed by atoms with E-state index in [0.29, 0.717) is 32.0 Å². The zero-order chi connectivity index (χ0) is 14.9. The molecule has 1 atom stereocenters. The quantitative estimate of drug-likeness (QED) is 0.728. The van der Waals surface area contributed by atoms with E-state index in [1.165, 1.54) is 4.63 Å². The molecule has 4 rings (SSSR count). The van der Waals surface area contributed by atoms with Gasteiger partial charge in [-0.15, -0.1) is 14.8 Å². The van der Waals surface area contributed by atoms with Gasteiger partial charge >= 0.3 is 0 Å². The lowest BCUT2D eigenvalue weighted by Crippen LogP contribution is -2.50. The van der Waals surface area contributed by atoms with Crippen molar-refractivity contribution in [3.8, 4) is 0 Å². The number of rotatable bonds is 2. The van der Waals surface area contributed by atoms with Crippen molar-refractivity contribution in [2.24, 2.45) is 0 Å². The first-order valence-corrected chi connectivity index (χ1v) is 7.51. The second-order valence-corrected chi connectivity index (χ2v) is 5.51. The molecule has 1 amide bonds. The zero-order valence-electron chi connectivity index (χ0n) is 12.1. The number of hydrogen-bond donors (Lipinski definition) is 0. The molecule has 0 bridgehead atoms. The fourth-order valence-corrected chi connectivity index (χ4v) is 3.09. The topological polar surface area (TPSA) is 88.8 Å². The number of aromatic nitrogens is 5. The number of hydrogen-bond acceptors (Lipinski definition) is 7. The van der Waals surface area contributed by atoms with Gasteiger partial charge in [0.05, 0.1) is 13.2 Å². The maximum atomic E-state index is 12.8. The summed E-state index contributed by atoms with van der Waals surface area (Å²) < 4.78 is 6.71. The highest BCUT2D eigenvalue weighted by Crippen LogP contribution is 2.25. The molecule has 2 aromatic heterocycles. The molecule has 116 valence electrons. The molecule has 2 saturated heterocycles. The summed E-state index contributed by atoms with van der Waals surface area (Å²) in [6, 6.07) is 3.53. The van der Waals surface area contributed by atoms with Gasteiger partial charge in [0.2, 0.25) is 5.91 Å². The maximum Gasteiger partial charge on any atom is 0.245 e. The van der Waals surface area contributed by atoms with Crippen molar-refractivity contribution in [1.82, 2.24) is 30.2 Å². The van der Waals surface area contributed by atoms with Crippen molar-refractivity contribution < 1.29 is 9.53 Å². The van der Waals surface area contributed by atoms with Crippen molar-refractivity contribution >= 4 is 17.4 Å². The van der Waals surface area contributed by atoms with Gasteiger partial charge in [-0.2, -0.15) is 0 Å². The molecule has 0 aliphatic carbocycles. The monoisotopic (exact) mass is 303 g/mol. The fourth-order valence-electron chi connectivity index (χ4n) is 3.09. The lowest BCUT2D eigenvalue weighted by atomic mass is 10.2. The van der Waals surface area contributed by atoms with Crippen molar-refractivity contribution in [3.05, 3.63) is 12.1 Å². The van der Waals surface area contributed by atoms with Gasteiger partial charge < -0.3 is 14.5 Å². The molecular weight excluding hydrogens is 286 g/mol. The Bertz CT molecular complexity index is 682.